The van der Waals surface area contributed by atoms with Gasteiger partial charge in [0, 0.05) is 45.1 Å². The number of ether oxygens (including phenoxy) is 1. The smallest absolute Gasteiger partial charge is 0.235 e. The predicted molar refractivity (Wildman–Crippen MR) is 174 cm³/mol. The molecule has 0 radical (unpaired) electrons. The third kappa shape index (κ3) is 3.11. The van der Waals surface area contributed by atoms with Gasteiger partial charge in [-0.15, -0.1) is 0 Å². The summed E-state index contributed by atoms with van der Waals surface area (Å²) in [5.74, 6) is 2.57. The molecule has 0 spiro atoms. The van der Waals surface area contributed by atoms with Gasteiger partial charge >= 0.3 is 0 Å². The zero-order valence-electron chi connectivity index (χ0n) is 23.4. The second-order valence-electron chi connectivity index (χ2n) is 11.6. The molecule has 5 heteroatoms. The van der Waals surface area contributed by atoms with Crippen LogP contribution in [0.15, 0.2) is 109 Å². The SMILES string of the molecule is C1=CC2=C(CC1)Oc1cccc3nc(-n4c5c(c6c4ccc4c7ccccc7n(-c7ccccc7)c46)C=CCC5)nc2c13. The lowest BCUT2D eigenvalue weighted by atomic mass is 9.96. The molecule has 3 aromatic heterocycles. The Hall–Kier alpha value is -5.42. The summed E-state index contributed by atoms with van der Waals surface area (Å²) in [4.78, 5) is 10.6. The van der Waals surface area contributed by atoms with Crippen molar-refractivity contribution in [2.45, 2.75) is 25.7 Å². The Morgan fingerprint density at radius 2 is 1.51 bits per heavy atom. The number of para-hydroxylation sites is 2. The highest BCUT2D eigenvalue weighted by Crippen LogP contribution is 2.44. The van der Waals surface area contributed by atoms with Gasteiger partial charge in [-0.3, -0.25) is 4.57 Å². The van der Waals surface area contributed by atoms with Crippen LogP contribution < -0.4 is 4.74 Å². The van der Waals surface area contributed by atoms with E-state index in [-0.39, 0.29) is 0 Å². The molecule has 0 saturated heterocycles. The summed E-state index contributed by atoms with van der Waals surface area (Å²) in [7, 11) is 0. The van der Waals surface area contributed by atoms with Gasteiger partial charge in [-0.2, -0.15) is 0 Å². The van der Waals surface area contributed by atoms with Crippen molar-refractivity contribution in [2.75, 3.05) is 0 Å². The van der Waals surface area contributed by atoms with Gasteiger partial charge in [-0.25, -0.2) is 9.97 Å². The molecule has 0 saturated carbocycles. The minimum absolute atomic E-state index is 0.718. The predicted octanol–water partition coefficient (Wildman–Crippen LogP) is 9.08. The molecule has 0 atom stereocenters. The first-order chi connectivity index (χ1) is 21.3. The van der Waals surface area contributed by atoms with Crippen LogP contribution in [0.2, 0.25) is 0 Å². The number of rotatable bonds is 2. The highest BCUT2D eigenvalue weighted by atomic mass is 16.5. The van der Waals surface area contributed by atoms with Crippen molar-refractivity contribution < 1.29 is 4.74 Å². The molecule has 5 nitrogen and oxygen atoms in total. The standard InChI is InChI=1S/C38H26N4O/c1-2-11-23(12-3-1)41-29-17-7-4-13-24(29)25-21-22-31-34(37(25)41)26-14-5-8-18-30(26)42(31)38-39-28-16-10-20-33-35(28)36(40-38)27-15-6-9-19-32(27)43-33/h1-7,10-17,20-22H,8-9,18-19H2. The van der Waals surface area contributed by atoms with Gasteiger partial charge in [-0.05, 0) is 55.7 Å². The summed E-state index contributed by atoms with van der Waals surface area (Å²) in [5, 5.41) is 4.75. The normalized spacial score (nSPS) is 15.4. The summed E-state index contributed by atoms with van der Waals surface area (Å²) in [6.45, 7) is 0. The first-order valence-corrected chi connectivity index (χ1v) is 15.1. The van der Waals surface area contributed by atoms with Crippen LogP contribution in [0.5, 0.6) is 5.75 Å². The molecule has 4 heterocycles. The Balaban J connectivity index is 1.35. The van der Waals surface area contributed by atoms with E-state index < -0.39 is 0 Å². The Morgan fingerprint density at radius 1 is 0.651 bits per heavy atom. The van der Waals surface area contributed by atoms with Gasteiger partial charge in [0.1, 0.15) is 11.5 Å². The van der Waals surface area contributed by atoms with Crippen molar-refractivity contribution in [3.05, 3.63) is 126 Å². The first-order valence-electron chi connectivity index (χ1n) is 15.1. The first kappa shape index (κ1) is 23.2. The Labute approximate surface area is 247 Å². The van der Waals surface area contributed by atoms with Gasteiger partial charge in [0.2, 0.25) is 5.95 Å². The van der Waals surface area contributed by atoms with Crippen LogP contribution in [-0.4, -0.2) is 19.1 Å². The fourth-order valence-electron chi connectivity index (χ4n) is 7.44. The summed E-state index contributed by atoms with van der Waals surface area (Å²) >= 11 is 0. The van der Waals surface area contributed by atoms with Crippen LogP contribution in [0.3, 0.4) is 0 Å². The lowest BCUT2D eigenvalue weighted by molar-refractivity contribution is 0.406. The Kier molecular flexibility index (Phi) is 4.61. The van der Waals surface area contributed by atoms with Gasteiger partial charge < -0.3 is 9.30 Å². The van der Waals surface area contributed by atoms with Crippen molar-refractivity contribution >= 4 is 55.3 Å². The zero-order chi connectivity index (χ0) is 28.1. The van der Waals surface area contributed by atoms with E-state index in [2.05, 4.69) is 106 Å². The molecule has 43 heavy (non-hydrogen) atoms. The molecular formula is C38H26N4O. The van der Waals surface area contributed by atoms with Gasteiger partial charge in [0.15, 0.2) is 0 Å². The van der Waals surface area contributed by atoms with Crippen LogP contribution in [0.25, 0.3) is 66.9 Å². The maximum absolute atomic E-state index is 6.36. The monoisotopic (exact) mass is 554 g/mol. The number of aromatic nitrogens is 4. The largest absolute Gasteiger partial charge is 0.460 e. The second kappa shape index (κ2) is 8.55. The van der Waals surface area contributed by atoms with Gasteiger partial charge in [0.05, 0.1) is 33.1 Å². The molecule has 3 aliphatic rings. The second-order valence-corrected chi connectivity index (χ2v) is 11.6. The van der Waals surface area contributed by atoms with Crippen molar-refractivity contribution in [2.24, 2.45) is 0 Å². The van der Waals surface area contributed by atoms with E-state index in [1.807, 2.05) is 12.1 Å². The average Bonchev–Trinajstić information content (AvgIpc) is 3.58. The molecule has 204 valence electrons. The molecule has 1 aliphatic heterocycles. The van der Waals surface area contributed by atoms with Crippen molar-refractivity contribution in [3.8, 4) is 17.4 Å². The van der Waals surface area contributed by atoms with E-state index >= 15 is 0 Å². The van der Waals surface area contributed by atoms with Crippen LogP contribution in [-0.2, 0) is 6.42 Å². The molecule has 0 unspecified atom stereocenters. The van der Waals surface area contributed by atoms with Crippen molar-refractivity contribution in [3.63, 3.8) is 0 Å². The Morgan fingerprint density at radius 3 is 2.47 bits per heavy atom. The number of hydrogen-bond donors (Lipinski definition) is 0. The van der Waals surface area contributed by atoms with Gasteiger partial charge in [0.25, 0.3) is 0 Å². The summed E-state index contributed by atoms with van der Waals surface area (Å²) in [6, 6.07) is 30.2. The van der Waals surface area contributed by atoms with Crippen molar-refractivity contribution in [1.29, 1.82) is 0 Å². The molecule has 0 N–H and O–H groups in total. The molecule has 7 aromatic rings. The lowest BCUT2D eigenvalue weighted by Crippen LogP contribution is -2.13. The number of nitrogens with zero attached hydrogens (tertiary/aromatic N) is 4. The highest BCUT2D eigenvalue weighted by molar-refractivity contribution is 6.20. The van der Waals surface area contributed by atoms with Crippen LogP contribution in [0.4, 0.5) is 0 Å². The van der Waals surface area contributed by atoms with E-state index in [4.69, 9.17) is 14.7 Å². The fourth-order valence-corrected chi connectivity index (χ4v) is 7.44. The molecular weight excluding hydrogens is 528 g/mol. The van der Waals surface area contributed by atoms with Crippen molar-refractivity contribution in [1.82, 2.24) is 19.1 Å². The van der Waals surface area contributed by atoms with Gasteiger partial charge in [-0.1, -0.05) is 72.8 Å². The summed E-state index contributed by atoms with van der Waals surface area (Å²) in [6.07, 6.45) is 12.8. The topological polar surface area (TPSA) is 44.9 Å². The van der Waals surface area contributed by atoms with Crippen LogP contribution in [0, 0.1) is 0 Å². The molecule has 0 amide bonds. The third-order valence-corrected chi connectivity index (χ3v) is 9.24. The quantitative estimate of drug-likeness (QED) is 0.214. The molecule has 10 rings (SSSR count). The lowest BCUT2D eigenvalue weighted by Gasteiger charge is -2.24. The number of benzene rings is 4. The van der Waals surface area contributed by atoms with E-state index in [9.17, 15) is 0 Å². The van der Waals surface area contributed by atoms with E-state index in [0.29, 0.717) is 0 Å². The zero-order valence-corrected chi connectivity index (χ0v) is 23.4. The van der Waals surface area contributed by atoms with Crippen LogP contribution in [0.1, 0.15) is 36.2 Å². The van der Waals surface area contributed by atoms with E-state index in [1.165, 1.54) is 38.4 Å². The number of hydrogen-bond acceptors (Lipinski definition) is 3. The molecule has 2 aliphatic carbocycles. The fraction of sp³-hybridized carbons (Fsp3) is 0.105. The summed E-state index contributed by atoms with van der Waals surface area (Å²) in [5.41, 5.74) is 10.2. The minimum Gasteiger partial charge on any atom is -0.460 e. The maximum atomic E-state index is 6.36. The minimum atomic E-state index is 0.718. The van der Waals surface area contributed by atoms with Crippen LogP contribution >= 0.6 is 0 Å². The molecule has 4 aromatic carbocycles. The third-order valence-electron chi connectivity index (χ3n) is 9.24. The Bertz CT molecular complexity index is 2420. The highest BCUT2D eigenvalue weighted by Gasteiger charge is 2.29. The maximum Gasteiger partial charge on any atom is 0.235 e. The number of allylic oxidation sites excluding steroid dienone is 5. The summed E-state index contributed by atoms with van der Waals surface area (Å²) < 4.78 is 11.1. The number of fused-ring (bicyclic) bond motifs is 8. The van der Waals surface area contributed by atoms with E-state index in [1.54, 1.807) is 0 Å². The molecule has 0 bridgehead atoms. The molecule has 0 fully saturated rings. The average molecular weight is 555 g/mol. The van der Waals surface area contributed by atoms with E-state index in [0.717, 1.165) is 76.5 Å².